The molecule has 1 aromatic carbocycles. The molecule has 1 atom stereocenters. The molecule has 0 radical (unpaired) electrons. The molecule has 5 heteroatoms. The van der Waals surface area contributed by atoms with Crippen molar-refractivity contribution in [3.63, 3.8) is 0 Å². The van der Waals surface area contributed by atoms with Crippen LogP contribution in [-0.2, 0) is 17.4 Å². The van der Waals surface area contributed by atoms with E-state index in [0.717, 1.165) is 16.9 Å². The van der Waals surface area contributed by atoms with Gasteiger partial charge in [0.25, 0.3) is 0 Å². The lowest BCUT2D eigenvalue weighted by Crippen LogP contribution is -2.26. The molecule has 18 heavy (non-hydrogen) atoms. The van der Waals surface area contributed by atoms with Gasteiger partial charge >= 0.3 is 0 Å². The van der Waals surface area contributed by atoms with Gasteiger partial charge in [-0.15, -0.1) is 0 Å². The summed E-state index contributed by atoms with van der Waals surface area (Å²) < 4.78 is 32.5. The zero-order chi connectivity index (χ0) is 13.0. The first-order chi connectivity index (χ1) is 8.74. The summed E-state index contributed by atoms with van der Waals surface area (Å²) in [6, 6.07) is 5.46. The van der Waals surface area contributed by atoms with Crippen molar-refractivity contribution in [1.82, 2.24) is 4.72 Å². The van der Waals surface area contributed by atoms with Crippen molar-refractivity contribution in [3.05, 3.63) is 35.7 Å². The molecule has 98 valence electrons. The number of halogens is 1. The van der Waals surface area contributed by atoms with Crippen LogP contribution >= 0.6 is 0 Å². The van der Waals surface area contributed by atoms with E-state index in [4.69, 9.17) is 4.74 Å². The number of rotatable bonds is 4. The Morgan fingerprint density at radius 2 is 2.44 bits per heavy atom. The van der Waals surface area contributed by atoms with Crippen molar-refractivity contribution < 1.29 is 13.3 Å². The number of benzene rings is 1. The molecule has 1 N–H and O–H groups in total. The highest BCUT2D eigenvalue weighted by Gasteiger charge is 2.15. The fraction of sp³-hybridized carbons (Fsp3) is 0.385. The first kappa shape index (κ1) is 13.2. The van der Waals surface area contributed by atoms with Crippen LogP contribution in [0.5, 0.6) is 5.75 Å². The lowest BCUT2D eigenvalue weighted by atomic mass is 10.1. The first-order valence-electron chi connectivity index (χ1n) is 5.93. The zero-order valence-electron chi connectivity index (χ0n) is 10.2. The van der Waals surface area contributed by atoms with E-state index in [1.165, 1.54) is 0 Å². The van der Waals surface area contributed by atoms with E-state index in [1.807, 2.05) is 13.0 Å². The quantitative estimate of drug-likeness (QED) is 0.912. The van der Waals surface area contributed by atoms with E-state index in [9.17, 15) is 8.60 Å². The minimum atomic E-state index is -1.12. The molecule has 1 aliphatic rings. The standard InChI is InChI=1S/C13H16FNO2S/c1-2-10(8-14)9-17-12-3-4-13-11(7-12)5-6-15-18(13)16/h3-4,7-8,15H,2,5-6,9H2,1H3/b10-8+. The van der Waals surface area contributed by atoms with Gasteiger partial charge in [-0.2, -0.15) is 0 Å². The Labute approximate surface area is 109 Å². The minimum absolute atomic E-state index is 0.257. The fourth-order valence-corrected chi connectivity index (χ4v) is 2.80. The van der Waals surface area contributed by atoms with Gasteiger partial charge in [0.15, 0.2) is 0 Å². The molecule has 0 bridgehead atoms. The van der Waals surface area contributed by atoms with Gasteiger partial charge in [-0.25, -0.2) is 13.3 Å². The van der Waals surface area contributed by atoms with Crippen molar-refractivity contribution in [2.75, 3.05) is 13.2 Å². The largest absolute Gasteiger partial charge is 0.489 e. The Bertz CT molecular complexity index is 488. The molecule has 0 saturated heterocycles. The summed E-state index contributed by atoms with van der Waals surface area (Å²) in [6.07, 6.45) is 2.06. The summed E-state index contributed by atoms with van der Waals surface area (Å²) in [5, 5.41) is 0. The van der Waals surface area contributed by atoms with E-state index in [2.05, 4.69) is 4.72 Å². The molecule has 0 fully saturated rings. The van der Waals surface area contributed by atoms with Crippen molar-refractivity contribution in [1.29, 1.82) is 0 Å². The first-order valence-corrected chi connectivity index (χ1v) is 7.08. The summed E-state index contributed by atoms with van der Waals surface area (Å²) in [7, 11) is -1.12. The third kappa shape index (κ3) is 2.97. The molecule has 1 heterocycles. The van der Waals surface area contributed by atoms with Crippen LogP contribution in [-0.4, -0.2) is 17.4 Å². The predicted octanol–water partition coefficient (Wildman–Crippen LogP) is 2.50. The summed E-state index contributed by atoms with van der Waals surface area (Å²) in [5.74, 6) is 0.695. The molecule has 0 amide bonds. The van der Waals surface area contributed by atoms with Gasteiger partial charge in [-0.1, -0.05) is 6.92 Å². The van der Waals surface area contributed by atoms with Crippen LogP contribution in [0, 0.1) is 0 Å². The van der Waals surface area contributed by atoms with E-state index >= 15 is 0 Å². The van der Waals surface area contributed by atoms with Gasteiger partial charge < -0.3 is 4.74 Å². The van der Waals surface area contributed by atoms with Crippen LogP contribution in [0.25, 0.3) is 0 Å². The van der Waals surface area contributed by atoms with Crippen molar-refractivity contribution in [2.45, 2.75) is 24.7 Å². The van der Waals surface area contributed by atoms with E-state index in [1.54, 1.807) is 12.1 Å². The molecule has 3 nitrogen and oxygen atoms in total. The molecular weight excluding hydrogens is 253 g/mol. The number of hydrogen-bond donors (Lipinski definition) is 1. The van der Waals surface area contributed by atoms with Crippen molar-refractivity contribution >= 4 is 11.0 Å². The van der Waals surface area contributed by atoms with Gasteiger partial charge in [-0.05, 0) is 42.2 Å². The Kier molecular flexibility index (Phi) is 4.49. The number of fused-ring (bicyclic) bond motifs is 1. The lowest BCUT2D eigenvalue weighted by Gasteiger charge is -2.17. The third-order valence-electron chi connectivity index (χ3n) is 2.89. The average Bonchev–Trinajstić information content (AvgIpc) is 2.40. The second-order valence-electron chi connectivity index (χ2n) is 4.09. The molecule has 0 aromatic heterocycles. The van der Waals surface area contributed by atoms with Gasteiger partial charge in [0.2, 0.25) is 0 Å². The van der Waals surface area contributed by atoms with Crippen LogP contribution in [0.1, 0.15) is 18.9 Å². The number of hydrogen-bond acceptors (Lipinski definition) is 2. The van der Waals surface area contributed by atoms with Crippen LogP contribution in [0.3, 0.4) is 0 Å². The van der Waals surface area contributed by atoms with Crippen LogP contribution < -0.4 is 9.46 Å². The van der Waals surface area contributed by atoms with Crippen LogP contribution in [0.15, 0.2) is 35.0 Å². The molecule has 0 spiro atoms. The van der Waals surface area contributed by atoms with Crippen molar-refractivity contribution in [2.24, 2.45) is 0 Å². The molecule has 2 rings (SSSR count). The van der Waals surface area contributed by atoms with Gasteiger partial charge in [0.05, 0.1) is 11.2 Å². The SMILES string of the molecule is CC/C(=C\F)COc1ccc2c(c1)CCNS2=O. The predicted molar refractivity (Wildman–Crippen MR) is 69.5 cm³/mol. The highest BCUT2D eigenvalue weighted by Crippen LogP contribution is 2.23. The van der Waals surface area contributed by atoms with Gasteiger partial charge in [-0.3, -0.25) is 0 Å². The van der Waals surface area contributed by atoms with E-state index < -0.39 is 11.0 Å². The second-order valence-corrected chi connectivity index (χ2v) is 5.36. The van der Waals surface area contributed by atoms with E-state index in [0.29, 0.717) is 30.6 Å². The number of ether oxygens (including phenoxy) is 1. The molecule has 0 saturated carbocycles. The third-order valence-corrected chi connectivity index (χ3v) is 4.16. The summed E-state index contributed by atoms with van der Waals surface area (Å²) >= 11 is 0. The topological polar surface area (TPSA) is 38.3 Å². The highest BCUT2D eigenvalue weighted by molar-refractivity contribution is 7.83. The highest BCUT2D eigenvalue weighted by atomic mass is 32.2. The molecule has 1 aliphatic heterocycles. The Hall–Kier alpha value is -1.20. The lowest BCUT2D eigenvalue weighted by molar-refractivity contribution is 0.345. The second kappa shape index (κ2) is 6.11. The summed E-state index contributed by atoms with van der Waals surface area (Å²) in [5.41, 5.74) is 1.66. The summed E-state index contributed by atoms with van der Waals surface area (Å²) in [6.45, 7) is 2.84. The zero-order valence-corrected chi connectivity index (χ0v) is 11.1. The van der Waals surface area contributed by atoms with E-state index in [-0.39, 0.29) is 6.61 Å². The molecule has 1 unspecified atom stereocenters. The maximum Gasteiger partial charge on any atom is 0.125 e. The Morgan fingerprint density at radius 3 is 3.17 bits per heavy atom. The van der Waals surface area contributed by atoms with Gasteiger partial charge in [0.1, 0.15) is 23.3 Å². The van der Waals surface area contributed by atoms with Crippen LogP contribution in [0.2, 0.25) is 0 Å². The molecular formula is C13H16FNO2S. The average molecular weight is 269 g/mol. The fourth-order valence-electron chi connectivity index (χ4n) is 1.76. The van der Waals surface area contributed by atoms with Crippen LogP contribution in [0.4, 0.5) is 4.39 Å². The summed E-state index contributed by atoms with van der Waals surface area (Å²) in [4.78, 5) is 0.811. The Balaban J connectivity index is 2.09. The smallest absolute Gasteiger partial charge is 0.125 e. The maximum absolute atomic E-state index is 12.4. The molecule has 0 aliphatic carbocycles. The minimum Gasteiger partial charge on any atom is -0.489 e. The molecule has 1 aromatic rings. The normalized spacial score (nSPS) is 19.4. The van der Waals surface area contributed by atoms with Gasteiger partial charge in [0, 0.05) is 6.54 Å². The number of nitrogens with one attached hydrogen (secondary N) is 1. The maximum atomic E-state index is 12.4. The van der Waals surface area contributed by atoms with Crippen molar-refractivity contribution in [3.8, 4) is 5.75 Å². The monoisotopic (exact) mass is 269 g/mol. The Morgan fingerprint density at radius 1 is 1.61 bits per heavy atom.